The van der Waals surface area contributed by atoms with Gasteiger partial charge in [0.1, 0.15) is 28.0 Å². The number of carbonyl (C=O) groups is 1. The Morgan fingerprint density at radius 1 is 1.22 bits per heavy atom. The van der Waals surface area contributed by atoms with Crippen LogP contribution in [-0.4, -0.2) is 41.3 Å². The number of benzene rings is 1. The number of ether oxygens (including phenoxy) is 3. The first-order valence-corrected chi connectivity index (χ1v) is 10.7. The Morgan fingerprint density at radius 2 is 2.00 bits per heavy atom. The van der Waals surface area contributed by atoms with E-state index in [-0.39, 0.29) is 29.8 Å². The largest absolute Gasteiger partial charge is 0.493 e. The molecule has 0 saturated carbocycles. The number of fused-ring (bicyclic) bond motifs is 1. The molecule has 3 aromatic heterocycles. The molecule has 0 radical (unpaired) electrons. The number of esters is 1. The van der Waals surface area contributed by atoms with E-state index in [2.05, 4.69) is 9.97 Å². The number of aromatic nitrogens is 3. The third kappa shape index (κ3) is 3.84. The van der Waals surface area contributed by atoms with E-state index < -0.39 is 11.5 Å². The van der Waals surface area contributed by atoms with E-state index >= 15 is 0 Å². The van der Waals surface area contributed by atoms with Crippen molar-refractivity contribution in [3.63, 3.8) is 0 Å². The van der Waals surface area contributed by atoms with Gasteiger partial charge in [0.25, 0.3) is 5.56 Å². The molecule has 0 aliphatic heterocycles. The highest BCUT2D eigenvalue weighted by Gasteiger charge is 2.24. The summed E-state index contributed by atoms with van der Waals surface area (Å²) in [5, 5.41) is 2.75. The molecule has 3 heterocycles. The monoisotopic (exact) mass is 455 g/mol. The maximum Gasteiger partial charge on any atom is 0.342 e. The predicted octanol–water partition coefficient (Wildman–Crippen LogP) is 3.66. The molecule has 0 fully saturated rings. The first-order chi connectivity index (χ1) is 15.5. The molecule has 0 aliphatic rings. The van der Waals surface area contributed by atoms with Gasteiger partial charge in [0.2, 0.25) is 5.71 Å². The Hall–Kier alpha value is -3.66. The fourth-order valence-corrected chi connectivity index (χ4v) is 4.16. The number of hydrogen-bond donors (Lipinski definition) is 0. The van der Waals surface area contributed by atoms with E-state index in [1.165, 1.54) is 22.2 Å². The summed E-state index contributed by atoms with van der Waals surface area (Å²) in [6.45, 7) is 3.69. The Bertz CT molecular complexity index is 1350. The molecule has 0 amide bonds. The van der Waals surface area contributed by atoms with Gasteiger partial charge < -0.3 is 18.6 Å². The summed E-state index contributed by atoms with van der Waals surface area (Å²) < 4.78 is 22.6. The number of aryl methyl sites for hydroxylation is 1. The van der Waals surface area contributed by atoms with Gasteiger partial charge in [-0.1, -0.05) is 0 Å². The molecule has 10 heteroatoms. The highest BCUT2D eigenvalue weighted by molar-refractivity contribution is 7.13. The van der Waals surface area contributed by atoms with Crippen LogP contribution >= 0.6 is 11.3 Å². The maximum atomic E-state index is 13.1. The molecule has 0 N–H and O–H groups in total. The summed E-state index contributed by atoms with van der Waals surface area (Å²) in [6, 6.07) is 5.56. The van der Waals surface area contributed by atoms with Gasteiger partial charge in [0.05, 0.1) is 33.1 Å². The fourth-order valence-electron chi connectivity index (χ4n) is 3.36. The molecule has 0 spiro atoms. The van der Waals surface area contributed by atoms with Gasteiger partial charge in [-0.25, -0.2) is 14.8 Å². The second-order valence-corrected chi connectivity index (χ2v) is 7.68. The minimum absolute atomic E-state index is 0.107. The summed E-state index contributed by atoms with van der Waals surface area (Å²) in [7, 11) is 3.16. The highest BCUT2D eigenvalue weighted by atomic mass is 32.1. The number of rotatable bonds is 7. The van der Waals surface area contributed by atoms with Crippen molar-refractivity contribution in [2.24, 2.45) is 0 Å². The molecule has 0 aliphatic carbocycles. The predicted molar refractivity (Wildman–Crippen MR) is 119 cm³/mol. The van der Waals surface area contributed by atoms with Crippen LogP contribution in [0, 0.1) is 6.92 Å². The van der Waals surface area contributed by atoms with Gasteiger partial charge in [-0.05, 0) is 32.0 Å². The van der Waals surface area contributed by atoms with E-state index in [4.69, 9.17) is 18.6 Å². The standard InChI is InChI=1S/C22H21N3O6S/c1-5-30-22(27)17-12(2)31-19-18(17)21(26)25(11-23-19)9-14-10-32-20(24-14)13-6-7-15(28-3)16(8-13)29-4/h6-8,10-11H,5,9H2,1-4H3. The van der Waals surface area contributed by atoms with Crippen molar-refractivity contribution < 1.29 is 23.4 Å². The molecule has 166 valence electrons. The summed E-state index contributed by atoms with van der Waals surface area (Å²) in [5.74, 6) is 0.927. The Morgan fingerprint density at radius 3 is 2.72 bits per heavy atom. The smallest absolute Gasteiger partial charge is 0.342 e. The molecule has 0 saturated heterocycles. The van der Waals surface area contributed by atoms with Crippen LogP contribution in [0.2, 0.25) is 0 Å². The number of hydrogen-bond acceptors (Lipinski definition) is 9. The van der Waals surface area contributed by atoms with Crippen LogP contribution in [0.4, 0.5) is 0 Å². The van der Waals surface area contributed by atoms with Crippen LogP contribution in [0.25, 0.3) is 21.7 Å². The first kappa shape index (κ1) is 21.6. The molecular weight excluding hydrogens is 434 g/mol. The minimum atomic E-state index is -0.607. The summed E-state index contributed by atoms with van der Waals surface area (Å²) in [6.07, 6.45) is 1.39. The van der Waals surface area contributed by atoms with Gasteiger partial charge in [-0.15, -0.1) is 11.3 Å². The van der Waals surface area contributed by atoms with Crippen LogP contribution in [0.3, 0.4) is 0 Å². The molecule has 0 bridgehead atoms. The van der Waals surface area contributed by atoms with E-state index in [9.17, 15) is 9.59 Å². The zero-order chi connectivity index (χ0) is 22.8. The lowest BCUT2D eigenvalue weighted by atomic mass is 10.2. The Kier molecular flexibility index (Phi) is 5.95. The number of thiazole rings is 1. The minimum Gasteiger partial charge on any atom is -0.493 e. The van der Waals surface area contributed by atoms with Crippen molar-refractivity contribution >= 4 is 28.4 Å². The number of carbonyl (C=O) groups excluding carboxylic acids is 1. The molecule has 9 nitrogen and oxygen atoms in total. The molecular formula is C22H21N3O6S. The van der Waals surface area contributed by atoms with E-state index in [0.717, 1.165) is 10.6 Å². The van der Waals surface area contributed by atoms with Crippen molar-refractivity contribution in [3.05, 3.63) is 57.3 Å². The lowest BCUT2D eigenvalue weighted by molar-refractivity contribution is 0.0526. The quantitative estimate of drug-likeness (QED) is 0.389. The molecule has 0 atom stereocenters. The summed E-state index contributed by atoms with van der Waals surface area (Å²) in [5.41, 5.74) is 1.38. The average molecular weight is 455 g/mol. The maximum absolute atomic E-state index is 13.1. The van der Waals surface area contributed by atoms with Gasteiger partial charge in [0, 0.05) is 10.9 Å². The zero-order valence-corrected chi connectivity index (χ0v) is 18.8. The normalized spacial score (nSPS) is 11.0. The summed E-state index contributed by atoms with van der Waals surface area (Å²) >= 11 is 1.45. The number of methoxy groups -OCH3 is 2. The third-order valence-corrected chi connectivity index (χ3v) is 5.79. The van der Waals surface area contributed by atoms with E-state index in [1.54, 1.807) is 28.1 Å². The lowest BCUT2D eigenvalue weighted by Gasteiger charge is -2.08. The van der Waals surface area contributed by atoms with E-state index in [0.29, 0.717) is 23.0 Å². The van der Waals surface area contributed by atoms with Crippen LogP contribution in [0.1, 0.15) is 28.7 Å². The Labute approximate surface area is 187 Å². The first-order valence-electron chi connectivity index (χ1n) is 9.79. The van der Waals surface area contributed by atoms with Crippen LogP contribution in [0.15, 0.2) is 39.1 Å². The van der Waals surface area contributed by atoms with Crippen molar-refractivity contribution in [3.8, 4) is 22.1 Å². The van der Waals surface area contributed by atoms with Crippen LogP contribution in [0.5, 0.6) is 11.5 Å². The molecule has 0 unspecified atom stereocenters. The molecule has 32 heavy (non-hydrogen) atoms. The van der Waals surface area contributed by atoms with Crippen molar-refractivity contribution in [1.82, 2.24) is 14.5 Å². The summed E-state index contributed by atoms with van der Waals surface area (Å²) in [4.78, 5) is 34.3. The van der Waals surface area contributed by atoms with Crippen LogP contribution in [-0.2, 0) is 11.3 Å². The van der Waals surface area contributed by atoms with Crippen molar-refractivity contribution in [2.45, 2.75) is 20.4 Å². The fraction of sp³-hybridized carbons (Fsp3) is 0.273. The van der Waals surface area contributed by atoms with Gasteiger partial charge in [-0.3, -0.25) is 9.36 Å². The van der Waals surface area contributed by atoms with Crippen molar-refractivity contribution in [2.75, 3.05) is 20.8 Å². The SMILES string of the molecule is CCOC(=O)c1c(C)oc2ncn(Cc3csc(-c4ccc(OC)c(OC)c4)n3)c(=O)c12. The average Bonchev–Trinajstić information content (AvgIpc) is 3.39. The van der Waals surface area contributed by atoms with Crippen molar-refractivity contribution in [1.29, 1.82) is 0 Å². The number of nitrogens with zero attached hydrogens (tertiary/aromatic N) is 3. The third-order valence-electron chi connectivity index (χ3n) is 4.85. The second kappa shape index (κ2) is 8.83. The molecule has 4 aromatic rings. The zero-order valence-electron chi connectivity index (χ0n) is 18.0. The van der Waals surface area contributed by atoms with Gasteiger partial charge >= 0.3 is 5.97 Å². The molecule has 4 rings (SSSR count). The van der Waals surface area contributed by atoms with Crippen LogP contribution < -0.4 is 15.0 Å². The van der Waals surface area contributed by atoms with Gasteiger partial charge in [-0.2, -0.15) is 0 Å². The molecule has 1 aromatic carbocycles. The second-order valence-electron chi connectivity index (χ2n) is 6.83. The van der Waals surface area contributed by atoms with Gasteiger partial charge in [0.15, 0.2) is 11.5 Å². The Balaban J connectivity index is 1.67. The highest BCUT2D eigenvalue weighted by Crippen LogP contribution is 2.33. The lowest BCUT2D eigenvalue weighted by Crippen LogP contribution is -2.22. The topological polar surface area (TPSA) is 106 Å². The number of furan rings is 1. The van der Waals surface area contributed by atoms with E-state index in [1.807, 2.05) is 23.6 Å².